The number of anilines is 1. The predicted molar refractivity (Wildman–Crippen MR) is 61.8 cm³/mol. The molecule has 1 aromatic carbocycles. The maximum atomic E-state index is 12.8. The van der Waals surface area contributed by atoms with Crippen molar-refractivity contribution in [3.63, 3.8) is 0 Å². The zero-order valence-electron chi connectivity index (χ0n) is 10.0. The molecule has 0 unspecified atom stereocenters. The Balaban J connectivity index is 3.38. The lowest BCUT2D eigenvalue weighted by molar-refractivity contribution is -0.137. The monoisotopic (exact) mass is 275 g/mol. The number of halogens is 3. The average Bonchev–Trinajstić information content (AvgIpc) is 2.27. The second-order valence-corrected chi connectivity index (χ2v) is 3.80. The van der Waals surface area contributed by atoms with E-state index in [1.54, 1.807) is 0 Å². The number of hydrogen-bond acceptors (Lipinski definition) is 3. The maximum absolute atomic E-state index is 12.8. The summed E-state index contributed by atoms with van der Waals surface area (Å²) < 4.78 is 38.4. The van der Waals surface area contributed by atoms with E-state index in [0.29, 0.717) is 0 Å². The molecule has 1 aromatic rings. The number of carbonyl (C=O) groups excluding carboxylic acids is 2. The highest BCUT2D eigenvalue weighted by atomic mass is 19.4. The summed E-state index contributed by atoms with van der Waals surface area (Å²) in [4.78, 5) is 22.6. The third kappa shape index (κ3) is 3.78. The molecule has 7 heteroatoms. The van der Waals surface area contributed by atoms with Gasteiger partial charge in [-0.15, -0.1) is 0 Å². The van der Waals surface area contributed by atoms with Crippen molar-refractivity contribution in [3.8, 4) is 0 Å². The molecule has 0 radical (unpaired) electrons. The number of ketones is 1. The lowest BCUT2D eigenvalue weighted by Gasteiger charge is -2.16. The van der Waals surface area contributed by atoms with Crippen molar-refractivity contribution >= 4 is 17.4 Å². The molecule has 0 aliphatic rings. The first-order valence-corrected chi connectivity index (χ1v) is 5.39. The number of alkyl halides is 3. The Kier molecular flexibility index (Phi) is 4.66. The first kappa shape index (κ1) is 15.2. The molecule has 0 aromatic heterocycles. The van der Waals surface area contributed by atoms with E-state index in [2.05, 4.69) is 0 Å². The lowest BCUT2D eigenvalue weighted by atomic mass is 10.0. The fraction of sp³-hybridized carbons (Fsp3) is 0.333. The van der Waals surface area contributed by atoms with Crippen molar-refractivity contribution in [2.24, 2.45) is 0 Å². The molecule has 0 saturated carbocycles. The van der Waals surface area contributed by atoms with Gasteiger partial charge in [-0.2, -0.15) is 13.2 Å². The van der Waals surface area contributed by atoms with Crippen LogP contribution in [0.5, 0.6) is 0 Å². The van der Waals surface area contributed by atoms with Crippen LogP contribution in [0.1, 0.15) is 29.3 Å². The Morgan fingerprint density at radius 3 is 2.42 bits per heavy atom. The summed E-state index contributed by atoms with van der Waals surface area (Å²) in [7, 11) is 0. The summed E-state index contributed by atoms with van der Waals surface area (Å²) in [6.07, 6.45) is -5.00. The molecule has 0 bridgehead atoms. The number of aliphatic hydroxyl groups is 1. The van der Waals surface area contributed by atoms with E-state index in [4.69, 9.17) is 5.11 Å². The van der Waals surface area contributed by atoms with E-state index < -0.39 is 35.7 Å². The Labute approximate surface area is 107 Å². The van der Waals surface area contributed by atoms with Crippen LogP contribution in [0.4, 0.5) is 18.9 Å². The fourth-order valence-corrected chi connectivity index (χ4v) is 1.57. The number of Topliss-reactive ketones (excluding diaryl/α,β-unsaturated/α-hetero) is 1. The smallest absolute Gasteiger partial charge is 0.396 e. The average molecular weight is 275 g/mol. The minimum absolute atomic E-state index is 0.265. The third-order valence-corrected chi connectivity index (χ3v) is 2.31. The number of nitrogens with one attached hydrogen (secondary N) is 1. The van der Waals surface area contributed by atoms with Gasteiger partial charge in [0.05, 0.1) is 17.9 Å². The number of rotatable bonds is 4. The van der Waals surface area contributed by atoms with Crippen molar-refractivity contribution in [1.29, 1.82) is 0 Å². The Bertz CT molecular complexity index is 497. The quantitative estimate of drug-likeness (QED) is 0.828. The fourth-order valence-electron chi connectivity index (χ4n) is 1.57. The van der Waals surface area contributed by atoms with E-state index in [1.165, 1.54) is 6.07 Å². The third-order valence-electron chi connectivity index (χ3n) is 2.31. The van der Waals surface area contributed by atoms with Crippen LogP contribution in [-0.2, 0) is 11.0 Å². The Morgan fingerprint density at radius 2 is 1.95 bits per heavy atom. The van der Waals surface area contributed by atoms with E-state index >= 15 is 0 Å². The molecular weight excluding hydrogens is 263 g/mol. The molecule has 2 N–H and O–H groups in total. The van der Waals surface area contributed by atoms with Crippen LogP contribution < -0.4 is 5.32 Å². The van der Waals surface area contributed by atoms with Crippen LogP contribution in [0, 0.1) is 0 Å². The number of aliphatic hydroxyl groups excluding tert-OH is 1. The highest BCUT2D eigenvalue weighted by molar-refractivity contribution is 6.05. The second kappa shape index (κ2) is 5.83. The minimum atomic E-state index is -4.69. The van der Waals surface area contributed by atoms with Gasteiger partial charge < -0.3 is 10.4 Å². The van der Waals surface area contributed by atoms with Gasteiger partial charge >= 0.3 is 6.18 Å². The second-order valence-electron chi connectivity index (χ2n) is 3.80. The van der Waals surface area contributed by atoms with Crippen molar-refractivity contribution in [1.82, 2.24) is 0 Å². The van der Waals surface area contributed by atoms with Gasteiger partial charge in [-0.3, -0.25) is 9.59 Å². The first-order chi connectivity index (χ1) is 8.77. The molecule has 104 valence electrons. The molecule has 0 aliphatic carbocycles. The number of benzene rings is 1. The molecule has 0 atom stereocenters. The summed E-state index contributed by atoms with van der Waals surface area (Å²) in [6.45, 7) is 0.571. The number of amides is 1. The molecule has 0 spiro atoms. The summed E-state index contributed by atoms with van der Waals surface area (Å²) in [6, 6.07) is 3.04. The molecule has 0 aliphatic heterocycles. The molecule has 0 fully saturated rings. The normalized spacial score (nSPS) is 11.2. The molecule has 19 heavy (non-hydrogen) atoms. The van der Waals surface area contributed by atoms with E-state index in [9.17, 15) is 22.8 Å². The van der Waals surface area contributed by atoms with Crippen LogP contribution >= 0.6 is 0 Å². The molecule has 1 rings (SSSR count). The maximum Gasteiger partial charge on any atom is 0.418 e. The summed E-state index contributed by atoms with van der Waals surface area (Å²) in [5, 5.41) is 10.7. The zero-order chi connectivity index (χ0) is 14.6. The summed E-state index contributed by atoms with van der Waals surface area (Å²) in [5.41, 5.74) is -1.92. The minimum Gasteiger partial charge on any atom is -0.396 e. The molecular formula is C12H12F3NO3. The highest BCUT2D eigenvalue weighted by Gasteiger charge is 2.35. The van der Waals surface area contributed by atoms with Gasteiger partial charge in [0.25, 0.3) is 0 Å². The van der Waals surface area contributed by atoms with Gasteiger partial charge in [0.2, 0.25) is 5.91 Å². The lowest BCUT2D eigenvalue weighted by Crippen LogP contribution is -2.18. The topological polar surface area (TPSA) is 66.4 Å². The molecule has 4 nitrogen and oxygen atoms in total. The van der Waals surface area contributed by atoms with Gasteiger partial charge in [-0.1, -0.05) is 6.07 Å². The van der Waals surface area contributed by atoms with Crippen molar-refractivity contribution in [3.05, 3.63) is 29.3 Å². The van der Waals surface area contributed by atoms with Gasteiger partial charge in [0.1, 0.15) is 0 Å². The van der Waals surface area contributed by atoms with Crippen molar-refractivity contribution in [2.75, 3.05) is 11.9 Å². The van der Waals surface area contributed by atoms with Crippen LogP contribution in [0.15, 0.2) is 18.2 Å². The zero-order valence-corrected chi connectivity index (χ0v) is 10.0. The number of carbonyl (C=O) groups is 2. The Morgan fingerprint density at radius 1 is 1.32 bits per heavy atom. The van der Waals surface area contributed by atoms with Crippen LogP contribution in [0.2, 0.25) is 0 Å². The van der Waals surface area contributed by atoms with Gasteiger partial charge in [0, 0.05) is 18.9 Å². The van der Waals surface area contributed by atoms with Crippen molar-refractivity contribution < 1.29 is 27.9 Å². The Hall–Kier alpha value is -1.89. The highest BCUT2D eigenvalue weighted by Crippen LogP contribution is 2.37. The largest absolute Gasteiger partial charge is 0.418 e. The van der Waals surface area contributed by atoms with Crippen molar-refractivity contribution in [2.45, 2.75) is 19.5 Å². The van der Waals surface area contributed by atoms with Crippen LogP contribution in [-0.4, -0.2) is 23.4 Å². The number of hydrogen-bond donors (Lipinski definition) is 2. The van der Waals surface area contributed by atoms with Crippen LogP contribution in [0.25, 0.3) is 0 Å². The molecule has 0 saturated heterocycles. The number of para-hydroxylation sites is 1. The van der Waals surface area contributed by atoms with E-state index in [1.807, 2.05) is 5.32 Å². The van der Waals surface area contributed by atoms with Gasteiger partial charge in [-0.05, 0) is 12.1 Å². The summed E-state index contributed by atoms with van der Waals surface area (Å²) in [5.74, 6) is -1.38. The van der Waals surface area contributed by atoms with E-state index in [-0.39, 0.29) is 12.0 Å². The molecule has 1 amide bonds. The standard InChI is InChI=1S/C12H12F3NO3/c1-7(18)16-11-8(10(19)5-6-17)3-2-4-9(11)12(13,14)15/h2-4,17H,5-6H2,1H3,(H,16,18). The molecule has 0 heterocycles. The summed E-state index contributed by atoms with van der Waals surface area (Å²) >= 11 is 0. The van der Waals surface area contributed by atoms with E-state index in [0.717, 1.165) is 19.1 Å². The SMILES string of the molecule is CC(=O)Nc1c(C(=O)CCO)cccc1C(F)(F)F. The predicted octanol–water partition coefficient (Wildman–Crippen LogP) is 2.23. The van der Waals surface area contributed by atoms with Gasteiger partial charge in [-0.25, -0.2) is 0 Å². The first-order valence-electron chi connectivity index (χ1n) is 5.39. The van der Waals surface area contributed by atoms with Crippen LogP contribution in [0.3, 0.4) is 0 Å². The van der Waals surface area contributed by atoms with Gasteiger partial charge in [0.15, 0.2) is 5.78 Å².